The number of nitrogens with one attached hydrogen (secondary N) is 1. The van der Waals surface area contributed by atoms with Crippen molar-refractivity contribution < 1.29 is 23.5 Å². The Balaban J connectivity index is 1.85. The summed E-state index contributed by atoms with van der Waals surface area (Å²) in [6, 6.07) is 14.2. The van der Waals surface area contributed by atoms with Crippen LogP contribution in [-0.4, -0.2) is 31.6 Å². The van der Waals surface area contributed by atoms with E-state index in [0.29, 0.717) is 12.1 Å². The number of methoxy groups -OCH3 is 1. The topological polar surface area (TPSA) is 64.6 Å². The average Bonchev–Trinajstić information content (AvgIpc) is 2.73. The van der Waals surface area contributed by atoms with Gasteiger partial charge >= 0.3 is 5.97 Å². The lowest BCUT2D eigenvalue weighted by atomic mass is 9.96. The first kappa shape index (κ1) is 22.1. The van der Waals surface area contributed by atoms with E-state index >= 15 is 0 Å². The Hall–Kier alpha value is -3.15. The molecule has 0 fully saturated rings. The van der Waals surface area contributed by atoms with Crippen molar-refractivity contribution >= 4 is 18.0 Å². The molecule has 6 heteroatoms. The zero-order chi connectivity index (χ0) is 21.2. The highest BCUT2D eigenvalue weighted by Gasteiger charge is 2.18. The highest BCUT2D eigenvalue weighted by atomic mass is 19.1. The predicted molar refractivity (Wildman–Crippen MR) is 110 cm³/mol. The molecule has 2 atom stereocenters. The van der Waals surface area contributed by atoms with Crippen LogP contribution in [0, 0.1) is 5.82 Å². The lowest BCUT2D eigenvalue weighted by Crippen LogP contribution is -2.37. The SMILES string of the molecule is CC[C@@H](CNC(=O)[C@H](C)OC(=O)/C=C/c1ccc(OC)c(F)c1)c1ccccc1. The molecule has 29 heavy (non-hydrogen) atoms. The summed E-state index contributed by atoms with van der Waals surface area (Å²) in [6.07, 6.45) is 2.51. The lowest BCUT2D eigenvalue weighted by Gasteiger charge is -2.18. The van der Waals surface area contributed by atoms with Crippen LogP contribution >= 0.6 is 0 Å². The Kier molecular flexibility index (Phi) is 8.40. The second kappa shape index (κ2) is 11.0. The highest BCUT2D eigenvalue weighted by Crippen LogP contribution is 2.19. The van der Waals surface area contributed by atoms with Crippen molar-refractivity contribution in [2.24, 2.45) is 0 Å². The summed E-state index contributed by atoms with van der Waals surface area (Å²) >= 11 is 0. The third-order valence-corrected chi connectivity index (χ3v) is 4.54. The summed E-state index contributed by atoms with van der Waals surface area (Å²) in [5, 5.41) is 2.83. The molecule has 2 rings (SSSR count). The van der Waals surface area contributed by atoms with Gasteiger partial charge in [-0.3, -0.25) is 4.79 Å². The number of carbonyl (C=O) groups is 2. The van der Waals surface area contributed by atoms with Crippen molar-refractivity contribution in [3.63, 3.8) is 0 Å². The third-order valence-electron chi connectivity index (χ3n) is 4.54. The summed E-state index contributed by atoms with van der Waals surface area (Å²) in [7, 11) is 1.38. The number of rotatable bonds is 9. The standard InChI is InChI=1S/C23H26FNO4/c1-4-18(19-8-6-5-7-9-19)15-25-23(27)16(2)29-22(26)13-11-17-10-12-21(28-3)20(24)14-17/h5-14,16,18H,4,15H2,1-3H3,(H,25,27)/b13-11+/t16-,18-/m0/s1. The van der Waals surface area contributed by atoms with Crippen LogP contribution in [0.1, 0.15) is 37.3 Å². The van der Waals surface area contributed by atoms with Crippen LogP contribution in [0.3, 0.4) is 0 Å². The smallest absolute Gasteiger partial charge is 0.331 e. The molecule has 0 heterocycles. The van der Waals surface area contributed by atoms with Gasteiger partial charge in [0.05, 0.1) is 7.11 Å². The Morgan fingerprint density at radius 1 is 1.17 bits per heavy atom. The Bertz CT molecular complexity index is 851. The third kappa shape index (κ3) is 6.75. The first-order valence-electron chi connectivity index (χ1n) is 9.49. The monoisotopic (exact) mass is 399 g/mol. The number of esters is 1. The van der Waals surface area contributed by atoms with Crippen LogP contribution in [0.25, 0.3) is 6.08 Å². The van der Waals surface area contributed by atoms with Gasteiger partial charge in [0.15, 0.2) is 17.7 Å². The van der Waals surface area contributed by atoms with E-state index in [0.717, 1.165) is 18.1 Å². The van der Waals surface area contributed by atoms with E-state index in [1.807, 2.05) is 30.3 Å². The maximum atomic E-state index is 13.7. The molecular formula is C23H26FNO4. The number of amides is 1. The van der Waals surface area contributed by atoms with E-state index < -0.39 is 17.9 Å². The van der Waals surface area contributed by atoms with E-state index in [2.05, 4.69) is 12.2 Å². The number of benzene rings is 2. The summed E-state index contributed by atoms with van der Waals surface area (Å²) in [5.74, 6) is -1.26. The average molecular weight is 399 g/mol. The number of hydrogen-bond donors (Lipinski definition) is 1. The van der Waals surface area contributed by atoms with Crippen LogP contribution in [0.4, 0.5) is 4.39 Å². The van der Waals surface area contributed by atoms with Gasteiger partial charge in [-0.2, -0.15) is 0 Å². The molecule has 0 aliphatic heterocycles. The minimum absolute atomic E-state index is 0.121. The summed E-state index contributed by atoms with van der Waals surface area (Å²) in [4.78, 5) is 24.2. The zero-order valence-corrected chi connectivity index (χ0v) is 16.9. The molecule has 0 aliphatic carbocycles. The van der Waals surface area contributed by atoms with Gasteiger partial charge in [0, 0.05) is 18.5 Å². The Morgan fingerprint density at radius 3 is 2.52 bits per heavy atom. The number of hydrogen-bond acceptors (Lipinski definition) is 4. The molecule has 0 spiro atoms. The van der Waals surface area contributed by atoms with Crippen LogP contribution in [0.5, 0.6) is 5.75 Å². The summed E-state index contributed by atoms with van der Waals surface area (Å²) in [5.41, 5.74) is 1.63. The molecule has 1 amide bonds. The largest absolute Gasteiger partial charge is 0.494 e. The highest BCUT2D eigenvalue weighted by molar-refractivity contribution is 5.90. The van der Waals surface area contributed by atoms with E-state index in [4.69, 9.17) is 9.47 Å². The van der Waals surface area contributed by atoms with E-state index in [9.17, 15) is 14.0 Å². The van der Waals surface area contributed by atoms with Crippen LogP contribution in [0.15, 0.2) is 54.6 Å². The summed E-state index contributed by atoms with van der Waals surface area (Å²) < 4.78 is 23.6. The second-order valence-corrected chi connectivity index (χ2v) is 6.57. The van der Waals surface area contributed by atoms with Crippen LogP contribution in [0.2, 0.25) is 0 Å². The Morgan fingerprint density at radius 2 is 1.90 bits per heavy atom. The maximum absolute atomic E-state index is 13.7. The van der Waals surface area contributed by atoms with Gasteiger partial charge in [-0.25, -0.2) is 9.18 Å². The van der Waals surface area contributed by atoms with Crippen LogP contribution < -0.4 is 10.1 Å². The molecule has 5 nitrogen and oxygen atoms in total. The van der Waals surface area contributed by atoms with Gasteiger partial charge in [0.25, 0.3) is 5.91 Å². The fourth-order valence-corrected chi connectivity index (χ4v) is 2.81. The fraction of sp³-hybridized carbons (Fsp3) is 0.304. The van der Waals surface area contributed by atoms with Crippen molar-refractivity contribution in [3.05, 3.63) is 71.6 Å². The number of ether oxygens (including phenoxy) is 2. The van der Waals surface area contributed by atoms with Gasteiger partial charge in [0.2, 0.25) is 0 Å². The predicted octanol–water partition coefficient (Wildman–Crippen LogP) is 4.09. The minimum Gasteiger partial charge on any atom is -0.494 e. The first-order chi connectivity index (χ1) is 13.9. The molecule has 154 valence electrons. The van der Waals surface area contributed by atoms with Gasteiger partial charge in [0.1, 0.15) is 0 Å². The fourth-order valence-electron chi connectivity index (χ4n) is 2.81. The lowest BCUT2D eigenvalue weighted by molar-refractivity contribution is -0.150. The normalized spacial score (nSPS) is 13.0. The van der Waals surface area contributed by atoms with Crippen molar-refractivity contribution in [2.75, 3.05) is 13.7 Å². The molecule has 0 radical (unpaired) electrons. The van der Waals surface area contributed by atoms with Crippen molar-refractivity contribution in [2.45, 2.75) is 32.3 Å². The molecule has 0 saturated heterocycles. The maximum Gasteiger partial charge on any atom is 0.331 e. The molecule has 0 bridgehead atoms. The van der Waals surface area contributed by atoms with E-state index in [1.54, 1.807) is 6.07 Å². The van der Waals surface area contributed by atoms with Crippen molar-refractivity contribution in [1.29, 1.82) is 0 Å². The first-order valence-corrected chi connectivity index (χ1v) is 9.49. The molecular weight excluding hydrogens is 373 g/mol. The van der Waals surface area contributed by atoms with Crippen LogP contribution in [-0.2, 0) is 14.3 Å². The molecule has 0 saturated carbocycles. The Labute approximate surface area is 170 Å². The molecule has 0 aromatic heterocycles. The van der Waals surface area contributed by atoms with Gasteiger partial charge in [-0.15, -0.1) is 0 Å². The molecule has 1 N–H and O–H groups in total. The number of halogens is 1. The second-order valence-electron chi connectivity index (χ2n) is 6.57. The zero-order valence-electron chi connectivity index (χ0n) is 16.9. The van der Waals surface area contributed by atoms with E-state index in [-0.39, 0.29) is 17.6 Å². The molecule has 0 aliphatic rings. The minimum atomic E-state index is -0.937. The van der Waals surface area contributed by atoms with Gasteiger partial charge in [-0.05, 0) is 42.7 Å². The number of carbonyl (C=O) groups excluding carboxylic acids is 2. The van der Waals surface area contributed by atoms with Gasteiger partial charge in [-0.1, -0.05) is 43.3 Å². The molecule has 2 aromatic rings. The molecule has 0 unspecified atom stereocenters. The molecule has 2 aromatic carbocycles. The van der Waals surface area contributed by atoms with E-state index in [1.165, 1.54) is 32.2 Å². The summed E-state index contributed by atoms with van der Waals surface area (Å²) in [6.45, 7) is 4.03. The van der Waals surface area contributed by atoms with Gasteiger partial charge < -0.3 is 14.8 Å². The van der Waals surface area contributed by atoms with Crippen molar-refractivity contribution in [1.82, 2.24) is 5.32 Å². The van der Waals surface area contributed by atoms with Crippen molar-refractivity contribution in [3.8, 4) is 5.75 Å². The quantitative estimate of drug-likeness (QED) is 0.510.